The van der Waals surface area contributed by atoms with Crippen molar-refractivity contribution in [1.29, 1.82) is 0 Å². The van der Waals surface area contributed by atoms with Crippen LogP contribution in [0.1, 0.15) is 58.0 Å². The Morgan fingerprint density at radius 1 is 1.19 bits per heavy atom. The van der Waals surface area contributed by atoms with Crippen molar-refractivity contribution in [2.24, 2.45) is 0 Å². The highest BCUT2D eigenvalue weighted by Gasteiger charge is 2.39. The molecule has 2 aromatic rings. The molecule has 3 rings (SSSR count). The first kappa shape index (κ1) is 14.3. The van der Waals surface area contributed by atoms with Crippen molar-refractivity contribution < 1.29 is 9.90 Å². The molecule has 0 bridgehead atoms. The minimum atomic E-state index is -0.865. The summed E-state index contributed by atoms with van der Waals surface area (Å²) in [5.41, 5.74) is 1.82. The summed E-state index contributed by atoms with van der Waals surface area (Å²) >= 11 is 1.36. The third kappa shape index (κ3) is 2.48. The first-order chi connectivity index (χ1) is 10.1. The smallest absolute Gasteiger partial charge is 0.347 e. The fraction of sp³-hybridized carbons (Fsp3) is 0.412. The predicted octanol–water partition coefficient (Wildman–Crippen LogP) is 4.40. The monoisotopic (exact) mass is 301 g/mol. The van der Waals surface area contributed by atoms with E-state index < -0.39 is 5.97 Å². The molecule has 0 spiro atoms. The lowest BCUT2D eigenvalue weighted by Crippen LogP contribution is -2.30. The maximum atomic E-state index is 11.3. The molecule has 1 aromatic heterocycles. The molecule has 1 N–H and O–H groups in total. The van der Waals surface area contributed by atoms with Gasteiger partial charge in [-0.3, -0.25) is 0 Å². The van der Waals surface area contributed by atoms with Crippen LogP contribution in [0.2, 0.25) is 0 Å². The van der Waals surface area contributed by atoms with Gasteiger partial charge in [0.15, 0.2) is 0 Å². The number of aromatic nitrogens is 1. The molecule has 4 heteroatoms. The number of aryl methyl sites for hydroxylation is 1. The fourth-order valence-electron chi connectivity index (χ4n) is 3.34. The van der Waals surface area contributed by atoms with Gasteiger partial charge in [0.25, 0.3) is 0 Å². The Balaban J connectivity index is 2.12. The van der Waals surface area contributed by atoms with Gasteiger partial charge in [0, 0.05) is 5.41 Å². The van der Waals surface area contributed by atoms with E-state index in [9.17, 15) is 9.90 Å². The summed E-state index contributed by atoms with van der Waals surface area (Å²) in [4.78, 5) is 16.4. The highest BCUT2D eigenvalue weighted by Crippen LogP contribution is 2.46. The Hall–Kier alpha value is -1.68. The quantitative estimate of drug-likeness (QED) is 0.914. The number of hydrogen-bond donors (Lipinski definition) is 1. The molecule has 0 atom stereocenters. The van der Waals surface area contributed by atoms with Crippen LogP contribution in [0.25, 0.3) is 0 Å². The molecule has 3 nitrogen and oxygen atoms in total. The lowest BCUT2D eigenvalue weighted by atomic mass is 9.70. The number of aromatic carboxylic acids is 1. The Bertz CT molecular complexity index is 642. The molecule has 0 aliphatic heterocycles. The van der Waals surface area contributed by atoms with Gasteiger partial charge in [-0.1, -0.05) is 49.6 Å². The Labute approximate surface area is 128 Å². The van der Waals surface area contributed by atoms with Crippen LogP contribution >= 0.6 is 11.3 Å². The molecule has 0 unspecified atom stereocenters. The largest absolute Gasteiger partial charge is 0.477 e. The van der Waals surface area contributed by atoms with Crippen LogP contribution in [0.4, 0.5) is 0 Å². The molecule has 1 aliphatic carbocycles. The maximum Gasteiger partial charge on any atom is 0.347 e. The number of thiazole rings is 1. The second-order valence-electron chi connectivity index (χ2n) is 5.75. The van der Waals surface area contributed by atoms with E-state index in [0.717, 1.165) is 17.8 Å². The lowest BCUT2D eigenvalue weighted by Gasteiger charge is -2.36. The van der Waals surface area contributed by atoms with E-state index in [4.69, 9.17) is 0 Å². The molecular weight excluding hydrogens is 282 g/mol. The van der Waals surface area contributed by atoms with Crippen LogP contribution in [0.3, 0.4) is 0 Å². The van der Waals surface area contributed by atoms with Crippen LogP contribution in [0.15, 0.2) is 30.3 Å². The molecule has 1 aliphatic rings. The number of carbonyl (C=O) groups is 1. The van der Waals surface area contributed by atoms with Crippen LogP contribution in [0, 0.1) is 6.92 Å². The van der Waals surface area contributed by atoms with E-state index in [1.54, 1.807) is 6.92 Å². The zero-order valence-electron chi connectivity index (χ0n) is 12.1. The normalized spacial score (nSPS) is 17.6. The van der Waals surface area contributed by atoms with E-state index in [1.165, 1.54) is 36.2 Å². The summed E-state index contributed by atoms with van der Waals surface area (Å²) in [5, 5.41) is 10.3. The summed E-state index contributed by atoms with van der Waals surface area (Å²) in [6, 6.07) is 10.5. The zero-order valence-corrected chi connectivity index (χ0v) is 12.9. The number of carboxylic acid groups (broad SMARTS) is 1. The van der Waals surface area contributed by atoms with Gasteiger partial charge in [-0.2, -0.15) is 0 Å². The van der Waals surface area contributed by atoms with Crippen LogP contribution in [0.5, 0.6) is 0 Å². The summed E-state index contributed by atoms with van der Waals surface area (Å²) in [6.45, 7) is 1.80. The topological polar surface area (TPSA) is 50.2 Å². The van der Waals surface area contributed by atoms with Gasteiger partial charge in [-0.25, -0.2) is 9.78 Å². The highest BCUT2D eigenvalue weighted by molar-refractivity contribution is 7.13. The van der Waals surface area contributed by atoms with E-state index in [1.807, 2.05) is 6.07 Å². The van der Waals surface area contributed by atoms with Crippen LogP contribution in [-0.4, -0.2) is 16.1 Å². The van der Waals surface area contributed by atoms with Crippen LogP contribution < -0.4 is 0 Å². The van der Waals surface area contributed by atoms with Gasteiger partial charge >= 0.3 is 5.97 Å². The molecule has 1 aromatic carbocycles. The standard InChI is InChI=1S/C17H19NO2S/c1-12-14(15(19)20)21-16(18-12)17(10-6-3-7-11-17)13-8-4-2-5-9-13/h2,4-5,8-9H,3,6-7,10-11H2,1H3,(H,19,20). The van der Waals surface area contributed by atoms with Crippen LogP contribution in [-0.2, 0) is 5.41 Å². The van der Waals surface area contributed by atoms with Gasteiger partial charge in [0.05, 0.1) is 5.69 Å². The minimum Gasteiger partial charge on any atom is -0.477 e. The molecule has 21 heavy (non-hydrogen) atoms. The van der Waals surface area contributed by atoms with Gasteiger partial charge in [0.1, 0.15) is 9.88 Å². The average Bonchev–Trinajstić information content (AvgIpc) is 2.91. The molecule has 1 fully saturated rings. The Morgan fingerprint density at radius 2 is 1.86 bits per heavy atom. The SMILES string of the molecule is Cc1nc(C2(c3ccccc3)CCCCC2)sc1C(=O)O. The highest BCUT2D eigenvalue weighted by atomic mass is 32.1. The van der Waals surface area contributed by atoms with Crippen molar-refractivity contribution >= 4 is 17.3 Å². The lowest BCUT2D eigenvalue weighted by molar-refractivity contribution is 0.0701. The summed E-state index contributed by atoms with van der Waals surface area (Å²) in [6.07, 6.45) is 5.72. The van der Waals surface area contributed by atoms with E-state index in [2.05, 4.69) is 29.2 Å². The summed E-state index contributed by atoms with van der Waals surface area (Å²) in [7, 11) is 0. The van der Waals surface area contributed by atoms with E-state index >= 15 is 0 Å². The number of carboxylic acids is 1. The number of hydrogen-bond acceptors (Lipinski definition) is 3. The van der Waals surface area contributed by atoms with Crippen molar-refractivity contribution in [1.82, 2.24) is 4.98 Å². The third-order valence-electron chi connectivity index (χ3n) is 4.43. The molecule has 1 saturated carbocycles. The molecular formula is C17H19NO2S. The average molecular weight is 301 g/mol. The molecule has 1 heterocycles. The van der Waals surface area contributed by atoms with E-state index in [-0.39, 0.29) is 5.41 Å². The molecule has 0 saturated heterocycles. The zero-order chi connectivity index (χ0) is 14.9. The molecule has 0 amide bonds. The third-order valence-corrected chi connectivity index (χ3v) is 5.78. The van der Waals surface area contributed by atoms with Gasteiger partial charge < -0.3 is 5.11 Å². The van der Waals surface area contributed by atoms with Gasteiger partial charge in [-0.05, 0) is 25.3 Å². The van der Waals surface area contributed by atoms with Gasteiger partial charge in [-0.15, -0.1) is 11.3 Å². The summed E-state index contributed by atoms with van der Waals surface area (Å²) in [5.74, 6) is -0.865. The predicted molar refractivity (Wildman–Crippen MR) is 84.1 cm³/mol. The van der Waals surface area contributed by atoms with Gasteiger partial charge in [0.2, 0.25) is 0 Å². The van der Waals surface area contributed by atoms with Crippen molar-refractivity contribution in [2.75, 3.05) is 0 Å². The number of nitrogens with zero attached hydrogens (tertiary/aromatic N) is 1. The second kappa shape index (κ2) is 5.60. The molecule has 0 radical (unpaired) electrons. The fourth-order valence-corrected chi connectivity index (χ4v) is 4.51. The van der Waals surface area contributed by atoms with E-state index in [0.29, 0.717) is 10.6 Å². The van der Waals surface area contributed by atoms with Crippen molar-refractivity contribution in [3.8, 4) is 0 Å². The minimum absolute atomic E-state index is 0.0946. The first-order valence-electron chi connectivity index (χ1n) is 7.40. The molecule has 110 valence electrons. The Kier molecular flexibility index (Phi) is 3.81. The maximum absolute atomic E-state index is 11.3. The summed E-state index contributed by atoms with van der Waals surface area (Å²) < 4.78 is 0. The van der Waals surface area contributed by atoms with Crippen molar-refractivity contribution in [2.45, 2.75) is 44.4 Å². The Morgan fingerprint density at radius 3 is 2.43 bits per heavy atom. The van der Waals surface area contributed by atoms with Crippen molar-refractivity contribution in [3.63, 3.8) is 0 Å². The van der Waals surface area contributed by atoms with Crippen molar-refractivity contribution in [3.05, 3.63) is 51.5 Å². The number of rotatable bonds is 3. The number of benzene rings is 1. The first-order valence-corrected chi connectivity index (χ1v) is 8.22. The second-order valence-corrected chi connectivity index (χ2v) is 6.75.